The number of hydrogen-bond acceptors (Lipinski definition) is 3. The number of piperidine rings is 1. The highest BCUT2D eigenvalue weighted by molar-refractivity contribution is 7.89. The number of benzene rings is 2. The highest BCUT2D eigenvalue weighted by atomic mass is 32.2. The fraction of sp³-hybridized carbons (Fsp3) is 0.458. The highest BCUT2D eigenvalue weighted by Gasteiger charge is 2.30. The Hall–Kier alpha value is -2.22. The molecule has 0 spiro atoms. The minimum absolute atomic E-state index is 0.0751. The predicted molar refractivity (Wildman–Crippen MR) is 121 cm³/mol. The van der Waals surface area contributed by atoms with Crippen molar-refractivity contribution in [3.05, 3.63) is 65.2 Å². The normalized spacial score (nSPS) is 18.8. The number of quaternary nitrogens is 1. The van der Waals surface area contributed by atoms with Crippen LogP contribution in [0.2, 0.25) is 0 Å². The van der Waals surface area contributed by atoms with Crippen LogP contribution in [0.15, 0.2) is 53.4 Å². The van der Waals surface area contributed by atoms with Crippen LogP contribution in [0.5, 0.6) is 0 Å². The molecule has 0 atom stereocenters. The van der Waals surface area contributed by atoms with Gasteiger partial charge in [-0.25, -0.2) is 8.42 Å². The molecule has 2 aliphatic heterocycles. The quantitative estimate of drug-likeness (QED) is 0.767. The van der Waals surface area contributed by atoms with Gasteiger partial charge in [0.15, 0.2) is 0 Å². The van der Waals surface area contributed by atoms with E-state index < -0.39 is 10.0 Å². The van der Waals surface area contributed by atoms with E-state index in [-0.39, 0.29) is 10.8 Å². The topological polar surface area (TPSA) is 62.1 Å². The van der Waals surface area contributed by atoms with Crippen molar-refractivity contribution in [3.8, 4) is 0 Å². The van der Waals surface area contributed by atoms with E-state index in [9.17, 15) is 13.2 Å². The van der Waals surface area contributed by atoms with Gasteiger partial charge in [-0.2, -0.15) is 4.31 Å². The van der Waals surface area contributed by atoms with E-state index in [1.54, 1.807) is 29.4 Å². The summed E-state index contributed by atoms with van der Waals surface area (Å²) in [6, 6.07) is 15.5. The van der Waals surface area contributed by atoms with Crippen molar-refractivity contribution >= 4 is 15.9 Å². The first kappa shape index (κ1) is 22.0. The molecule has 2 aliphatic rings. The molecular formula is C24H32N3O3S+. The molecule has 0 unspecified atom stereocenters. The number of carbonyl (C=O) groups is 1. The summed E-state index contributed by atoms with van der Waals surface area (Å²) in [6.07, 6.45) is 2.86. The molecule has 0 bridgehead atoms. The van der Waals surface area contributed by atoms with E-state index in [2.05, 4.69) is 24.3 Å². The molecule has 1 amide bonds. The Labute approximate surface area is 185 Å². The maximum atomic E-state index is 13.2. The SMILES string of the molecule is Cc1ccc(C(=O)N2CC[NH+](Cc3ccccc3)CC2)cc1S(=O)(=O)N1CCCCC1. The van der Waals surface area contributed by atoms with Gasteiger partial charge in [0.2, 0.25) is 10.0 Å². The average molecular weight is 443 g/mol. The Morgan fingerprint density at radius 2 is 1.61 bits per heavy atom. The van der Waals surface area contributed by atoms with E-state index in [1.165, 1.54) is 10.5 Å². The Morgan fingerprint density at radius 3 is 2.29 bits per heavy atom. The molecule has 0 aliphatic carbocycles. The molecule has 2 saturated heterocycles. The maximum Gasteiger partial charge on any atom is 0.254 e. The second-order valence-electron chi connectivity index (χ2n) is 8.65. The lowest BCUT2D eigenvalue weighted by molar-refractivity contribution is -0.917. The summed E-state index contributed by atoms with van der Waals surface area (Å²) < 4.78 is 27.9. The summed E-state index contributed by atoms with van der Waals surface area (Å²) >= 11 is 0. The van der Waals surface area contributed by atoms with Gasteiger partial charge < -0.3 is 9.80 Å². The fourth-order valence-corrected chi connectivity index (χ4v) is 6.29. The van der Waals surface area contributed by atoms with Gasteiger partial charge in [-0.15, -0.1) is 0 Å². The van der Waals surface area contributed by atoms with Crippen LogP contribution in [-0.4, -0.2) is 62.8 Å². The van der Waals surface area contributed by atoms with Gasteiger partial charge in [-0.3, -0.25) is 4.79 Å². The average Bonchev–Trinajstić information content (AvgIpc) is 2.80. The van der Waals surface area contributed by atoms with E-state index in [4.69, 9.17) is 0 Å². The van der Waals surface area contributed by atoms with Crippen LogP contribution >= 0.6 is 0 Å². The van der Waals surface area contributed by atoms with Crippen molar-refractivity contribution in [1.82, 2.24) is 9.21 Å². The number of piperazine rings is 1. The van der Waals surface area contributed by atoms with Gasteiger partial charge >= 0.3 is 0 Å². The van der Waals surface area contributed by atoms with Crippen molar-refractivity contribution in [3.63, 3.8) is 0 Å². The van der Waals surface area contributed by atoms with E-state index in [1.807, 2.05) is 11.0 Å². The van der Waals surface area contributed by atoms with Gasteiger partial charge in [0.05, 0.1) is 31.1 Å². The van der Waals surface area contributed by atoms with Crippen LogP contribution in [0.4, 0.5) is 0 Å². The van der Waals surface area contributed by atoms with Crippen molar-refractivity contribution < 1.29 is 18.1 Å². The summed E-state index contributed by atoms with van der Waals surface area (Å²) in [7, 11) is -3.56. The molecule has 7 heteroatoms. The van der Waals surface area contributed by atoms with Crippen molar-refractivity contribution in [2.75, 3.05) is 39.3 Å². The Morgan fingerprint density at radius 1 is 0.935 bits per heavy atom. The zero-order chi connectivity index (χ0) is 21.8. The van der Waals surface area contributed by atoms with Gasteiger partial charge in [-0.05, 0) is 37.5 Å². The predicted octanol–water partition coefficient (Wildman–Crippen LogP) is 1.71. The lowest BCUT2D eigenvalue weighted by Crippen LogP contribution is -3.13. The smallest absolute Gasteiger partial charge is 0.254 e. The molecular weight excluding hydrogens is 410 g/mol. The Kier molecular flexibility index (Phi) is 6.74. The van der Waals surface area contributed by atoms with Crippen LogP contribution in [0.3, 0.4) is 0 Å². The number of nitrogens with zero attached hydrogens (tertiary/aromatic N) is 2. The van der Waals surface area contributed by atoms with E-state index in [0.717, 1.165) is 38.9 Å². The minimum atomic E-state index is -3.56. The molecule has 0 radical (unpaired) electrons. The number of amides is 1. The van der Waals surface area contributed by atoms with Crippen LogP contribution < -0.4 is 4.90 Å². The van der Waals surface area contributed by atoms with Gasteiger partial charge in [0.25, 0.3) is 5.91 Å². The number of rotatable bonds is 5. The first-order chi connectivity index (χ1) is 14.9. The van der Waals surface area contributed by atoms with Crippen LogP contribution in [0.1, 0.15) is 40.7 Å². The first-order valence-corrected chi connectivity index (χ1v) is 12.7. The molecule has 4 rings (SSSR count). The molecule has 1 N–H and O–H groups in total. The summed E-state index contributed by atoms with van der Waals surface area (Å²) in [6.45, 7) is 7.05. The molecule has 2 fully saturated rings. The number of sulfonamides is 1. The third kappa shape index (κ3) is 5.00. The lowest BCUT2D eigenvalue weighted by atomic mass is 10.1. The number of carbonyl (C=O) groups excluding carboxylic acids is 1. The zero-order valence-corrected chi connectivity index (χ0v) is 19.0. The molecule has 2 aromatic rings. The molecule has 31 heavy (non-hydrogen) atoms. The summed E-state index contributed by atoms with van der Waals surface area (Å²) in [4.78, 5) is 16.7. The van der Waals surface area contributed by atoms with Crippen molar-refractivity contribution in [2.24, 2.45) is 0 Å². The molecule has 0 saturated carbocycles. The first-order valence-electron chi connectivity index (χ1n) is 11.2. The molecule has 0 aromatic heterocycles. The van der Waals surface area contributed by atoms with Gasteiger partial charge in [0, 0.05) is 24.2 Å². The van der Waals surface area contributed by atoms with Crippen molar-refractivity contribution in [2.45, 2.75) is 37.6 Å². The van der Waals surface area contributed by atoms with Gasteiger partial charge in [-0.1, -0.05) is 42.8 Å². The number of aryl methyl sites for hydroxylation is 1. The molecule has 2 aromatic carbocycles. The molecule has 166 valence electrons. The summed E-state index contributed by atoms with van der Waals surface area (Å²) in [5.41, 5.74) is 2.47. The second kappa shape index (κ2) is 9.51. The monoisotopic (exact) mass is 442 g/mol. The van der Waals surface area contributed by atoms with Crippen molar-refractivity contribution in [1.29, 1.82) is 0 Å². The summed E-state index contributed by atoms with van der Waals surface area (Å²) in [5, 5.41) is 0. The largest absolute Gasteiger partial charge is 0.328 e. The van der Waals surface area contributed by atoms with E-state index >= 15 is 0 Å². The van der Waals surface area contributed by atoms with Gasteiger partial charge in [0.1, 0.15) is 6.54 Å². The lowest BCUT2D eigenvalue weighted by Gasteiger charge is -2.32. The molecule has 2 heterocycles. The summed E-state index contributed by atoms with van der Waals surface area (Å²) in [5.74, 6) is -0.0751. The Bertz CT molecular complexity index is 1010. The standard InChI is InChI=1S/C24H31N3O3S/c1-20-10-11-22(18-23(20)31(29,30)27-12-6-3-7-13-27)24(28)26-16-14-25(15-17-26)19-21-8-4-2-5-9-21/h2,4-5,8-11,18H,3,6-7,12-17,19H2,1H3/p+1. The minimum Gasteiger partial charge on any atom is -0.328 e. The number of nitrogens with one attached hydrogen (secondary N) is 1. The van der Waals surface area contributed by atoms with E-state index in [0.29, 0.717) is 37.3 Å². The Balaban J connectivity index is 1.44. The third-order valence-electron chi connectivity index (χ3n) is 6.42. The van der Waals surface area contributed by atoms with Crippen LogP contribution in [0, 0.1) is 6.92 Å². The highest BCUT2D eigenvalue weighted by Crippen LogP contribution is 2.25. The molecule has 6 nitrogen and oxygen atoms in total. The third-order valence-corrected chi connectivity index (χ3v) is 8.46. The second-order valence-corrected chi connectivity index (χ2v) is 10.6. The van der Waals surface area contributed by atoms with Crippen LogP contribution in [0.25, 0.3) is 0 Å². The number of hydrogen-bond donors (Lipinski definition) is 1. The zero-order valence-electron chi connectivity index (χ0n) is 18.2. The van der Waals surface area contributed by atoms with Crippen LogP contribution in [-0.2, 0) is 16.6 Å². The maximum absolute atomic E-state index is 13.2. The fourth-order valence-electron chi connectivity index (χ4n) is 4.53.